The van der Waals surface area contributed by atoms with Crippen molar-refractivity contribution in [3.05, 3.63) is 203 Å². The molecule has 0 spiro atoms. The smallest absolute Gasteiger partial charge is 0.146 e. The van der Waals surface area contributed by atoms with Gasteiger partial charge in [0.15, 0.2) is 0 Å². The number of hydrogen-bond donors (Lipinski definition) is 3. The number of ether oxygens (including phenoxy) is 12. The first-order chi connectivity index (χ1) is 42.4. The van der Waals surface area contributed by atoms with Gasteiger partial charge in [-0.25, -0.2) is 4.89 Å². The second kappa shape index (κ2) is 33.5. The van der Waals surface area contributed by atoms with E-state index in [1.54, 1.807) is 35.5 Å². The predicted octanol–water partition coefficient (Wildman–Crippen LogP) is 12.1. The van der Waals surface area contributed by atoms with Crippen LogP contribution in [0.4, 0.5) is 0 Å². The van der Waals surface area contributed by atoms with Crippen molar-refractivity contribution < 1.29 is 67.0 Å². The first-order valence-corrected chi connectivity index (χ1v) is 29.4. The molecule has 6 atom stereocenters. The second-order valence-corrected chi connectivity index (χ2v) is 21.1. The molecule has 8 aromatic carbocycles. The summed E-state index contributed by atoms with van der Waals surface area (Å²) in [6, 6.07) is 56.7. The van der Waals surface area contributed by atoms with Crippen LogP contribution >= 0.6 is 0 Å². The molecule has 1 unspecified atom stereocenters. The highest BCUT2D eigenvalue weighted by atomic mass is 17.1. The zero-order valence-electron chi connectivity index (χ0n) is 50.0. The largest absolute Gasteiger partial charge is 0.496 e. The molecule has 2 fully saturated rings. The Balaban J connectivity index is 0.000000206. The molecular formula is C70H82N2O14. The van der Waals surface area contributed by atoms with Crippen LogP contribution in [0.5, 0.6) is 34.5 Å². The van der Waals surface area contributed by atoms with Crippen molar-refractivity contribution in [3.8, 4) is 34.5 Å². The number of para-hydroxylation sites is 2. The first kappa shape index (κ1) is 63.2. The molecule has 2 aliphatic heterocycles. The molecule has 16 heteroatoms. The molecule has 86 heavy (non-hydrogen) atoms. The number of nitrogens with one attached hydrogen (secondary N) is 2. The Hall–Kier alpha value is -7.32. The normalized spacial score (nSPS) is 18.4. The zero-order valence-corrected chi connectivity index (χ0v) is 50.0. The minimum atomic E-state index is -0.443. The number of rotatable bonds is 30. The highest BCUT2D eigenvalue weighted by Gasteiger charge is 2.38. The van der Waals surface area contributed by atoms with E-state index in [-0.39, 0.29) is 36.9 Å². The molecule has 0 amide bonds. The topological polar surface area (TPSA) is 164 Å². The Morgan fingerprint density at radius 1 is 0.407 bits per heavy atom. The number of piperidine rings is 2. The van der Waals surface area contributed by atoms with Gasteiger partial charge in [-0.3, -0.25) is 5.26 Å². The van der Waals surface area contributed by atoms with Crippen LogP contribution in [0.2, 0.25) is 0 Å². The van der Waals surface area contributed by atoms with Crippen molar-refractivity contribution in [2.75, 3.05) is 94.9 Å². The summed E-state index contributed by atoms with van der Waals surface area (Å²) in [6.45, 7) is 7.00. The third kappa shape index (κ3) is 17.4. The van der Waals surface area contributed by atoms with Gasteiger partial charge >= 0.3 is 0 Å². The first-order valence-electron chi connectivity index (χ1n) is 29.4. The molecule has 0 radical (unpaired) electrons. The van der Waals surface area contributed by atoms with E-state index in [9.17, 15) is 5.26 Å². The van der Waals surface area contributed by atoms with Gasteiger partial charge < -0.3 is 67.5 Å². The maximum atomic E-state index is 9.70. The highest BCUT2D eigenvalue weighted by Crippen LogP contribution is 2.36. The van der Waals surface area contributed by atoms with Crippen LogP contribution in [-0.4, -0.2) is 125 Å². The second-order valence-electron chi connectivity index (χ2n) is 21.1. The van der Waals surface area contributed by atoms with Crippen LogP contribution in [0.1, 0.15) is 58.1 Å². The summed E-state index contributed by atoms with van der Waals surface area (Å²) in [4.78, 5) is 4.90. The average molecular weight is 1180 g/mol. The van der Waals surface area contributed by atoms with Gasteiger partial charge in [0.05, 0.1) is 99.6 Å². The van der Waals surface area contributed by atoms with E-state index in [0.29, 0.717) is 72.5 Å². The standard InChI is InChI=1S/C36H43NO7.C34H39NO7/c1-38-25-44-35-22-37-21-34(43-23-26-19-28-9-4-6-11-31(28)33(20-26)40-3)36(35)27-13-15-30(16-14-27)42-18-8-17-41-24-29-10-5-7-12-32(29)39-2;1-37-30-11-6-4-9-27(30)23-39-16-7-17-40-28-14-12-25(13-15-28)34-32(20-35-21-33(34)42-36)41-22-24-18-26-8-3-5-10-29(26)31(19-24)38-2/h4-7,9-16,19-20,34-37H,8,17-18,21-25H2,1-3H3;3-6,8-15,18-19,32-36H,7,16-17,20-23H2,1-2H3/t34-,35+,36+;32-,33+,34?/m00/s1. The Labute approximate surface area is 505 Å². The number of methoxy groups -OCH3 is 5. The van der Waals surface area contributed by atoms with Crippen molar-refractivity contribution in [2.45, 2.75) is 75.5 Å². The fourth-order valence-corrected chi connectivity index (χ4v) is 11.2. The van der Waals surface area contributed by atoms with Gasteiger partial charge in [-0.2, -0.15) is 0 Å². The molecule has 16 nitrogen and oxygen atoms in total. The van der Waals surface area contributed by atoms with Crippen molar-refractivity contribution >= 4 is 21.5 Å². The van der Waals surface area contributed by atoms with Gasteiger partial charge in [0, 0.05) is 79.9 Å². The van der Waals surface area contributed by atoms with Gasteiger partial charge in [0.1, 0.15) is 47.4 Å². The maximum absolute atomic E-state index is 9.70. The van der Waals surface area contributed by atoms with Crippen molar-refractivity contribution in [2.24, 2.45) is 0 Å². The Kier molecular flexibility index (Phi) is 24.7. The lowest BCUT2D eigenvalue weighted by Gasteiger charge is -2.38. The fraction of sp³-hybridized carbons (Fsp3) is 0.371. The Morgan fingerprint density at radius 2 is 0.814 bits per heavy atom. The molecule has 8 aromatic rings. The zero-order chi connectivity index (χ0) is 59.7. The lowest BCUT2D eigenvalue weighted by atomic mass is 9.85. The van der Waals surface area contributed by atoms with E-state index in [4.69, 9.17) is 61.7 Å². The Morgan fingerprint density at radius 3 is 1.26 bits per heavy atom. The fourth-order valence-electron chi connectivity index (χ4n) is 11.2. The average Bonchev–Trinajstić information content (AvgIpc) is 2.72. The minimum Gasteiger partial charge on any atom is -0.496 e. The highest BCUT2D eigenvalue weighted by molar-refractivity contribution is 5.89. The summed E-state index contributed by atoms with van der Waals surface area (Å²) in [5.74, 6) is 4.80. The van der Waals surface area contributed by atoms with Gasteiger partial charge in [0.25, 0.3) is 0 Å². The number of benzene rings is 8. The lowest BCUT2D eigenvalue weighted by Crippen LogP contribution is -2.50. The van der Waals surface area contributed by atoms with E-state index < -0.39 is 6.10 Å². The van der Waals surface area contributed by atoms with Crippen LogP contribution in [0.3, 0.4) is 0 Å². The molecule has 0 aromatic heterocycles. The quantitative estimate of drug-likeness (QED) is 0.0168. The molecule has 0 aliphatic carbocycles. The molecule has 456 valence electrons. The molecule has 2 heterocycles. The van der Waals surface area contributed by atoms with Crippen molar-refractivity contribution in [1.82, 2.24) is 10.6 Å². The van der Waals surface area contributed by atoms with Crippen LogP contribution in [-0.2, 0) is 59.7 Å². The minimum absolute atomic E-state index is 0.0196. The summed E-state index contributed by atoms with van der Waals surface area (Å²) in [7, 11) is 8.36. The van der Waals surface area contributed by atoms with Crippen LogP contribution in [0.25, 0.3) is 21.5 Å². The number of fused-ring (bicyclic) bond motifs is 2. The predicted molar refractivity (Wildman–Crippen MR) is 332 cm³/mol. The number of hydrogen-bond acceptors (Lipinski definition) is 16. The van der Waals surface area contributed by atoms with E-state index in [1.165, 1.54) is 0 Å². The van der Waals surface area contributed by atoms with Gasteiger partial charge in [-0.1, -0.05) is 109 Å². The van der Waals surface area contributed by atoms with E-state index >= 15 is 0 Å². The summed E-state index contributed by atoms with van der Waals surface area (Å²) in [5, 5.41) is 20.9. The van der Waals surface area contributed by atoms with Crippen LogP contribution in [0.15, 0.2) is 170 Å². The van der Waals surface area contributed by atoms with E-state index in [1.807, 2.05) is 121 Å². The molecule has 2 aliphatic rings. The van der Waals surface area contributed by atoms with Crippen LogP contribution < -0.4 is 39.1 Å². The molecule has 2 saturated heterocycles. The summed E-state index contributed by atoms with van der Waals surface area (Å²) >= 11 is 0. The van der Waals surface area contributed by atoms with Crippen LogP contribution in [0, 0.1) is 0 Å². The van der Waals surface area contributed by atoms with Gasteiger partial charge in [0.2, 0.25) is 0 Å². The van der Waals surface area contributed by atoms with E-state index in [2.05, 4.69) is 59.2 Å². The monoisotopic (exact) mass is 1170 g/mol. The molecular weight excluding hydrogens is 1090 g/mol. The molecule has 10 rings (SSSR count). The molecule has 0 saturated carbocycles. The third-order valence-corrected chi connectivity index (χ3v) is 15.5. The maximum Gasteiger partial charge on any atom is 0.146 e. The lowest BCUT2D eigenvalue weighted by molar-refractivity contribution is -0.291. The van der Waals surface area contributed by atoms with Gasteiger partial charge in [-0.05, 0) is 93.7 Å². The SMILES string of the molecule is COCO[C@@H]1CNC[C@H](OCc2cc(OC)c3ccccc3c2)[C@H]1c1ccc(OCCCOCc2ccccc2OC)cc1.COc1ccccc1COCCCOc1ccc(C2[C@@H](OCc3cc(OC)c4ccccc4c3)CNC[C@H]2OO)cc1. The summed E-state index contributed by atoms with van der Waals surface area (Å²) in [5.41, 5.74) is 6.31. The summed E-state index contributed by atoms with van der Waals surface area (Å²) in [6.07, 6.45) is 0.694. The molecule has 3 N–H and O–H groups in total. The third-order valence-electron chi connectivity index (χ3n) is 15.5. The molecule has 0 bridgehead atoms. The summed E-state index contributed by atoms with van der Waals surface area (Å²) < 4.78 is 70.0. The van der Waals surface area contributed by atoms with Crippen molar-refractivity contribution in [1.29, 1.82) is 0 Å². The van der Waals surface area contributed by atoms with Crippen molar-refractivity contribution in [3.63, 3.8) is 0 Å². The van der Waals surface area contributed by atoms with Gasteiger partial charge in [-0.15, -0.1) is 0 Å². The van der Waals surface area contributed by atoms with E-state index in [0.717, 1.165) is 109 Å². The Bertz CT molecular complexity index is 3290.